The lowest BCUT2D eigenvalue weighted by atomic mass is 10.1. The Hall–Kier alpha value is -3.65. The van der Waals surface area contributed by atoms with E-state index >= 15 is 0 Å². The van der Waals surface area contributed by atoms with Crippen LogP contribution in [-0.4, -0.2) is 58.9 Å². The first-order valence-electron chi connectivity index (χ1n) is 9.84. The summed E-state index contributed by atoms with van der Waals surface area (Å²) in [5.74, 6) is -2.02. The van der Waals surface area contributed by atoms with Crippen LogP contribution in [0.15, 0.2) is 17.7 Å². The van der Waals surface area contributed by atoms with Crippen molar-refractivity contribution >= 4 is 23.8 Å². The number of rotatable bonds is 9. The molecule has 174 valence electrons. The SMILES string of the molecule is CCN(CC)C(=O)/C(C#N)=C/c1cc(OC(=O)OCCOC(C)(C)C)c(O)c([N+](=O)[O-])c1. The number of likely N-dealkylation sites (N-methyl/N-ethyl adjacent to an activating group) is 1. The van der Waals surface area contributed by atoms with Crippen LogP contribution in [0.5, 0.6) is 11.5 Å². The van der Waals surface area contributed by atoms with Gasteiger partial charge in [0.1, 0.15) is 18.2 Å². The number of nitrogens with zero attached hydrogens (tertiary/aromatic N) is 3. The van der Waals surface area contributed by atoms with Crippen LogP contribution in [0.25, 0.3) is 6.08 Å². The molecule has 0 fully saturated rings. The smallest absolute Gasteiger partial charge is 0.499 e. The molecule has 1 rings (SSSR count). The first kappa shape index (κ1) is 26.4. The molecule has 1 aromatic rings. The van der Waals surface area contributed by atoms with E-state index in [1.54, 1.807) is 19.9 Å². The van der Waals surface area contributed by atoms with Gasteiger partial charge in [-0.15, -0.1) is 0 Å². The number of nitriles is 1. The van der Waals surface area contributed by atoms with Crippen LogP contribution in [0, 0.1) is 21.4 Å². The van der Waals surface area contributed by atoms with E-state index < -0.39 is 39.8 Å². The molecule has 1 aromatic carbocycles. The molecule has 0 saturated carbocycles. The molecule has 11 heteroatoms. The van der Waals surface area contributed by atoms with Crippen molar-refractivity contribution in [2.24, 2.45) is 0 Å². The normalized spacial score (nSPS) is 11.4. The zero-order valence-electron chi connectivity index (χ0n) is 18.7. The molecule has 32 heavy (non-hydrogen) atoms. The first-order chi connectivity index (χ1) is 14.9. The average Bonchev–Trinajstić information content (AvgIpc) is 2.71. The quantitative estimate of drug-likeness (QED) is 0.114. The van der Waals surface area contributed by atoms with E-state index in [0.29, 0.717) is 13.1 Å². The number of phenolic OH excluding ortho intramolecular Hbond substituents is 1. The summed E-state index contributed by atoms with van der Waals surface area (Å²) in [5.41, 5.74) is -1.48. The lowest BCUT2D eigenvalue weighted by Gasteiger charge is -2.19. The number of benzene rings is 1. The highest BCUT2D eigenvalue weighted by Gasteiger charge is 2.23. The summed E-state index contributed by atoms with van der Waals surface area (Å²) >= 11 is 0. The van der Waals surface area contributed by atoms with Gasteiger partial charge in [-0.05, 0) is 52.3 Å². The maximum Gasteiger partial charge on any atom is 0.514 e. The number of hydrogen-bond donors (Lipinski definition) is 1. The highest BCUT2D eigenvalue weighted by atomic mass is 16.7. The van der Waals surface area contributed by atoms with Gasteiger partial charge >= 0.3 is 11.8 Å². The van der Waals surface area contributed by atoms with Crippen LogP contribution in [0.2, 0.25) is 0 Å². The maximum atomic E-state index is 12.4. The molecule has 0 spiro atoms. The van der Waals surface area contributed by atoms with Gasteiger partial charge in [0.2, 0.25) is 5.75 Å². The van der Waals surface area contributed by atoms with Crippen molar-refractivity contribution in [3.63, 3.8) is 0 Å². The fourth-order valence-electron chi connectivity index (χ4n) is 2.50. The molecule has 11 nitrogen and oxygen atoms in total. The Morgan fingerprint density at radius 2 is 1.88 bits per heavy atom. The second-order valence-electron chi connectivity index (χ2n) is 7.45. The van der Waals surface area contributed by atoms with Crippen LogP contribution in [0.3, 0.4) is 0 Å². The number of amides is 1. The Morgan fingerprint density at radius 1 is 1.25 bits per heavy atom. The Balaban J connectivity index is 3.17. The standard InChI is InChI=1S/C21H27N3O8/c1-6-23(7-2)19(26)15(13-22)10-14-11-16(24(28)29)18(25)17(12-14)32-20(27)30-8-9-31-21(3,4)5/h10-12,25H,6-9H2,1-5H3/b15-10+. The van der Waals surface area contributed by atoms with E-state index in [2.05, 4.69) is 0 Å². The third-order valence-corrected chi connectivity index (χ3v) is 4.02. The van der Waals surface area contributed by atoms with Gasteiger partial charge in [-0.3, -0.25) is 14.9 Å². The molecule has 0 heterocycles. The second-order valence-corrected chi connectivity index (χ2v) is 7.45. The monoisotopic (exact) mass is 449 g/mol. The first-order valence-corrected chi connectivity index (χ1v) is 9.84. The minimum absolute atomic E-state index is 0.00502. The zero-order chi connectivity index (χ0) is 24.5. The molecule has 1 amide bonds. The molecule has 0 atom stereocenters. The molecule has 0 saturated heterocycles. The van der Waals surface area contributed by atoms with E-state index in [9.17, 15) is 30.1 Å². The number of aromatic hydroxyl groups is 1. The third kappa shape index (κ3) is 7.88. The van der Waals surface area contributed by atoms with Crippen LogP contribution >= 0.6 is 0 Å². The zero-order valence-corrected chi connectivity index (χ0v) is 18.7. The molecule has 0 aliphatic rings. The predicted octanol–water partition coefficient (Wildman–Crippen LogP) is 3.41. The molecule has 0 unspecified atom stereocenters. The molecule has 0 aliphatic carbocycles. The van der Waals surface area contributed by atoms with E-state index in [0.717, 1.165) is 18.2 Å². The van der Waals surface area contributed by atoms with E-state index in [1.807, 2.05) is 20.8 Å². The van der Waals surface area contributed by atoms with Crippen molar-refractivity contribution in [1.29, 1.82) is 5.26 Å². The number of phenols is 1. The lowest BCUT2D eigenvalue weighted by molar-refractivity contribution is -0.385. The van der Waals surface area contributed by atoms with Crippen molar-refractivity contribution in [3.05, 3.63) is 33.4 Å². The summed E-state index contributed by atoms with van der Waals surface area (Å²) in [4.78, 5) is 36.2. The van der Waals surface area contributed by atoms with Gasteiger partial charge in [0.15, 0.2) is 5.75 Å². The van der Waals surface area contributed by atoms with Crippen molar-refractivity contribution in [3.8, 4) is 17.6 Å². The number of ether oxygens (including phenoxy) is 3. The Morgan fingerprint density at radius 3 is 2.38 bits per heavy atom. The van der Waals surface area contributed by atoms with E-state index in [-0.39, 0.29) is 24.4 Å². The van der Waals surface area contributed by atoms with Crippen LogP contribution in [0.1, 0.15) is 40.2 Å². The van der Waals surface area contributed by atoms with Crippen LogP contribution < -0.4 is 4.74 Å². The molecule has 0 radical (unpaired) electrons. The largest absolute Gasteiger partial charge is 0.514 e. The number of carbonyl (C=O) groups excluding carboxylic acids is 2. The van der Waals surface area contributed by atoms with Gasteiger partial charge in [-0.2, -0.15) is 5.26 Å². The van der Waals surface area contributed by atoms with Gasteiger partial charge in [0.25, 0.3) is 5.91 Å². The van der Waals surface area contributed by atoms with Gasteiger partial charge in [-0.1, -0.05) is 0 Å². The van der Waals surface area contributed by atoms with Crippen LogP contribution in [-0.2, 0) is 14.3 Å². The minimum atomic E-state index is -1.21. The molecule has 0 bridgehead atoms. The Bertz CT molecular complexity index is 924. The van der Waals surface area contributed by atoms with Crippen molar-refractivity contribution in [1.82, 2.24) is 4.90 Å². The highest BCUT2D eigenvalue weighted by Crippen LogP contribution is 2.38. The van der Waals surface area contributed by atoms with E-state index in [1.165, 1.54) is 4.90 Å². The van der Waals surface area contributed by atoms with Crippen molar-refractivity contribution < 1.29 is 33.8 Å². The van der Waals surface area contributed by atoms with Gasteiger partial charge in [-0.25, -0.2) is 4.79 Å². The molecular weight excluding hydrogens is 422 g/mol. The number of carbonyl (C=O) groups is 2. The van der Waals surface area contributed by atoms with E-state index in [4.69, 9.17) is 14.2 Å². The maximum absolute atomic E-state index is 12.4. The minimum Gasteiger partial charge on any atom is -0.499 e. The summed E-state index contributed by atoms with van der Waals surface area (Å²) in [6.07, 6.45) is -0.101. The summed E-state index contributed by atoms with van der Waals surface area (Å²) in [7, 11) is 0. The lowest BCUT2D eigenvalue weighted by Crippen LogP contribution is -2.31. The van der Waals surface area contributed by atoms with Gasteiger partial charge < -0.3 is 24.2 Å². The summed E-state index contributed by atoms with van der Waals surface area (Å²) in [5, 5.41) is 30.8. The Labute approximate surface area is 185 Å². The van der Waals surface area contributed by atoms with Crippen LogP contribution in [0.4, 0.5) is 10.5 Å². The fraction of sp³-hybridized carbons (Fsp3) is 0.476. The third-order valence-electron chi connectivity index (χ3n) is 4.02. The molecular formula is C21H27N3O8. The summed E-state index contributed by atoms with van der Waals surface area (Å²) < 4.78 is 15.1. The second kappa shape index (κ2) is 11.7. The average molecular weight is 449 g/mol. The molecule has 0 aromatic heterocycles. The fourth-order valence-corrected chi connectivity index (χ4v) is 2.50. The molecule has 0 aliphatic heterocycles. The van der Waals surface area contributed by atoms with Crippen molar-refractivity contribution in [2.45, 2.75) is 40.2 Å². The summed E-state index contributed by atoms with van der Waals surface area (Å²) in [6, 6.07) is 3.80. The highest BCUT2D eigenvalue weighted by molar-refractivity contribution is 6.01. The molecule has 1 N–H and O–H groups in total. The van der Waals surface area contributed by atoms with Gasteiger partial charge in [0.05, 0.1) is 17.1 Å². The topological polar surface area (TPSA) is 152 Å². The number of nitro benzene ring substituents is 1. The van der Waals surface area contributed by atoms with Gasteiger partial charge in [0, 0.05) is 19.2 Å². The van der Waals surface area contributed by atoms with Crippen molar-refractivity contribution in [2.75, 3.05) is 26.3 Å². The predicted molar refractivity (Wildman–Crippen MR) is 114 cm³/mol. The Kier molecular flexibility index (Phi) is 9.62. The number of hydrogen-bond acceptors (Lipinski definition) is 9. The number of nitro groups is 1. The summed E-state index contributed by atoms with van der Waals surface area (Å²) in [6.45, 7) is 9.62.